The molecule has 0 unspecified atom stereocenters. The van der Waals surface area contributed by atoms with Crippen LogP contribution < -0.4 is 5.11 Å². The fourth-order valence-corrected chi connectivity index (χ4v) is 3.59. The van der Waals surface area contributed by atoms with Crippen molar-refractivity contribution in [3.63, 3.8) is 0 Å². The summed E-state index contributed by atoms with van der Waals surface area (Å²) in [5.41, 5.74) is 0.739. The second-order valence-corrected chi connectivity index (χ2v) is 6.90. The van der Waals surface area contributed by atoms with Crippen molar-refractivity contribution in [1.82, 2.24) is 4.90 Å². The third-order valence-electron chi connectivity index (χ3n) is 3.20. The molecule has 8 heteroatoms. The van der Waals surface area contributed by atoms with E-state index in [4.69, 9.17) is 28.2 Å². The van der Waals surface area contributed by atoms with E-state index in [1.165, 1.54) is 6.08 Å². The molecule has 5 nitrogen and oxygen atoms in total. The molecule has 1 aliphatic heterocycles. The van der Waals surface area contributed by atoms with Gasteiger partial charge in [0.1, 0.15) is 15.8 Å². The number of thiocarbonyl (C=S) groups is 1. The van der Waals surface area contributed by atoms with E-state index in [0.29, 0.717) is 21.4 Å². The number of rotatable bonds is 4. The van der Waals surface area contributed by atoms with Crippen molar-refractivity contribution in [2.45, 2.75) is 0 Å². The molecule has 1 amide bonds. The summed E-state index contributed by atoms with van der Waals surface area (Å²) in [7, 11) is 0. The molecule has 122 valence electrons. The van der Waals surface area contributed by atoms with Gasteiger partial charge in [-0.3, -0.25) is 9.69 Å². The largest absolute Gasteiger partial charge is 0.548 e. The van der Waals surface area contributed by atoms with Gasteiger partial charge in [-0.2, -0.15) is 0 Å². The number of nitrogens with zero attached hydrogens (tertiary/aromatic N) is 1. The summed E-state index contributed by atoms with van der Waals surface area (Å²) >= 11 is 12.2. The van der Waals surface area contributed by atoms with Crippen LogP contribution in [0.3, 0.4) is 0 Å². The summed E-state index contributed by atoms with van der Waals surface area (Å²) in [5, 5.41) is 11.2. The minimum Gasteiger partial charge on any atom is -0.548 e. The number of benzene rings is 1. The average molecular weight is 379 g/mol. The highest BCUT2D eigenvalue weighted by molar-refractivity contribution is 8.26. The molecule has 2 heterocycles. The molecule has 1 aromatic carbocycles. The second kappa shape index (κ2) is 6.80. The Morgan fingerprint density at radius 3 is 2.79 bits per heavy atom. The van der Waals surface area contributed by atoms with E-state index in [9.17, 15) is 14.7 Å². The maximum atomic E-state index is 12.2. The molecule has 24 heavy (non-hydrogen) atoms. The molecule has 1 aromatic heterocycles. The Morgan fingerprint density at radius 1 is 1.33 bits per heavy atom. The number of amides is 1. The van der Waals surface area contributed by atoms with Gasteiger partial charge in [0.05, 0.1) is 22.4 Å². The zero-order chi connectivity index (χ0) is 17.3. The molecule has 1 saturated heterocycles. The van der Waals surface area contributed by atoms with Gasteiger partial charge in [-0.05, 0) is 24.3 Å². The molecule has 0 atom stereocenters. The predicted octanol–water partition coefficient (Wildman–Crippen LogP) is 2.55. The van der Waals surface area contributed by atoms with E-state index in [0.717, 1.165) is 22.2 Å². The van der Waals surface area contributed by atoms with Crippen LogP contribution in [0.2, 0.25) is 5.02 Å². The van der Waals surface area contributed by atoms with Crippen LogP contribution in [-0.4, -0.2) is 27.6 Å². The number of carboxylic acids is 1. The van der Waals surface area contributed by atoms with Crippen LogP contribution >= 0.6 is 35.6 Å². The molecular formula is C16H9ClNO4S2-. The van der Waals surface area contributed by atoms with E-state index in [1.807, 2.05) is 18.2 Å². The van der Waals surface area contributed by atoms with E-state index in [2.05, 4.69) is 0 Å². The Morgan fingerprint density at radius 2 is 2.08 bits per heavy atom. The SMILES string of the molecule is O=C([O-])CN1C(=O)/C(=C/c2ccc(-c3ccccc3Cl)o2)SC1=S. The number of hydrogen-bond acceptors (Lipinski definition) is 6. The fraction of sp³-hybridized carbons (Fsp3) is 0.0625. The zero-order valence-electron chi connectivity index (χ0n) is 12.0. The molecule has 0 spiro atoms. The first kappa shape index (κ1) is 16.8. The van der Waals surface area contributed by atoms with Crippen LogP contribution in [0.1, 0.15) is 5.76 Å². The molecule has 0 aliphatic carbocycles. The third kappa shape index (κ3) is 3.38. The van der Waals surface area contributed by atoms with Crippen molar-refractivity contribution in [2.75, 3.05) is 6.54 Å². The maximum Gasteiger partial charge on any atom is 0.266 e. The summed E-state index contributed by atoms with van der Waals surface area (Å²) in [5.74, 6) is -0.840. The maximum absolute atomic E-state index is 12.2. The van der Waals surface area contributed by atoms with Gasteiger partial charge < -0.3 is 14.3 Å². The zero-order valence-corrected chi connectivity index (χ0v) is 14.4. The lowest BCUT2D eigenvalue weighted by molar-refractivity contribution is -0.305. The minimum absolute atomic E-state index is 0.174. The molecular weight excluding hydrogens is 370 g/mol. The highest BCUT2D eigenvalue weighted by Gasteiger charge is 2.32. The second-order valence-electron chi connectivity index (χ2n) is 4.82. The van der Waals surface area contributed by atoms with Crippen LogP contribution in [-0.2, 0) is 9.59 Å². The number of hydrogen-bond donors (Lipinski definition) is 0. The number of carboxylic acid groups (broad SMARTS) is 1. The fourth-order valence-electron chi connectivity index (χ4n) is 2.13. The van der Waals surface area contributed by atoms with Crippen molar-refractivity contribution in [3.05, 3.63) is 52.1 Å². The van der Waals surface area contributed by atoms with Crippen LogP contribution in [0.15, 0.2) is 45.7 Å². The van der Waals surface area contributed by atoms with E-state index >= 15 is 0 Å². The van der Waals surface area contributed by atoms with Crippen LogP contribution in [0.25, 0.3) is 17.4 Å². The first-order chi connectivity index (χ1) is 11.5. The lowest BCUT2D eigenvalue weighted by Gasteiger charge is -2.14. The molecule has 2 aromatic rings. The molecule has 0 radical (unpaired) electrons. The highest BCUT2D eigenvalue weighted by Crippen LogP contribution is 2.34. The third-order valence-corrected chi connectivity index (χ3v) is 4.91. The topological polar surface area (TPSA) is 73.6 Å². The average Bonchev–Trinajstić information content (AvgIpc) is 3.08. The molecule has 3 rings (SSSR count). The molecule has 0 bridgehead atoms. The Balaban J connectivity index is 1.85. The van der Waals surface area contributed by atoms with Crippen molar-refractivity contribution in [1.29, 1.82) is 0 Å². The molecule has 1 fully saturated rings. The Labute approximate surface area is 151 Å². The van der Waals surface area contributed by atoms with Gasteiger partial charge in [0.2, 0.25) is 0 Å². The summed E-state index contributed by atoms with van der Waals surface area (Å²) in [6.07, 6.45) is 1.52. The first-order valence-electron chi connectivity index (χ1n) is 6.75. The van der Waals surface area contributed by atoms with Gasteiger partial charge in [-0.25, -0.2) is 0 Å². The number of carbonyl (C=O) groups is 2. The van der Waals surface area contributed by atoms with Gasteiger partial charge in [0.15, 0.2) is 0 Å². The number of carbonyl (C=O) groups excluding carboxylic acids is 2. The van der Waals surface area contributed by atoms with Crippen molar-refractivity contribution in [2.24, 2.45) is 0 Å². The lowest BCUT2D eigenvalue weighted by atomic mass is 10.2. The number of thioether (sulfide) groups is 1. The Bertz CT molecular complexity index is 874. The lowest BCUT2D eigenvalue weighted by Crippen LogP contribution is -2.40. The first-order valence-corrected chi connectivity index (χ1v) is 8.36. The Kier molecular flexibility index (Phi) is 4.75. The minimum atomic E-state index is -1.37. The van der Waals surface area contributed by atoms with Gasteiger partial charge in [0.25, 0.3) is 5.91 Å². The molecule has 0 N–H and O–H groups in total. The molecule has 0 saturated carbocycles. The monoisotopic (exact) mass is 378 g/mol. The molecule has 1 aliphatic rings. The van der Waals surface area contributed by atoms with E-state index in [-0.39, 0.29) is 4.32 Å². The normalized spacial score (nSPS) is 16.2. The van der Waals surface area contributed by atoms with E-state index in [1.54, 1.807) is 18.2 Å². The van der Waals surface area contributed by atoms with Crippen molar-refractivity contribution >= 4 is 57.9 Å². The van der Waals surface area contributed by atoms with Crippen LogP contribution in [0, 0.1) is 0 Å². The summed E-state index contributed by atoms with van der Waals surface area (Å²) in [6.45, 7) is -0.564. The Hall–Kier alpha value is -2.09. The highest BCUT2D eigenvalue weighted by atomic mass is 35.5. The predicted molar refractivity (Wildman–Crippen MR) is 94.0 cm³/mol. The summed E-state index contributed by atoms with van der Waals surface area (Å²) in [4.78, 5) is 24.1. The van der Waals surface area contributed by atoms with Gasteiger partial charge in [-0.15, -0.1) is 0 Å². The van der Waals surface area contributed by atoms with Gasteiger partial charge in [-0.1, -0.05) is 47.7 Å². The van der Waals surface area contributed by atoms with Crippen molar-refractivity contribution < 1.29 is 19.1 Å². The number of halogens is 1. The van der Waals surface area contributed by atoms with E-state index < -0.39 is 18.4 Å². The summed E-state index contributed by atoms with van der Waals surface area (Å²) < 4.78 is 5.87. The number of aliphatic carboxylic acids is 1. The van der Waals surface area contributed by atoms with Crippen LogP contribution in [0.4, 0.5) is 0 Å². The van der Waals surface area contributed by atoms with Gasteiger partial charge in [0, 0.05) is 11.6 Å². The van der Waals surface area contributed by atoms with Crippen molar-refractivity contribution in [3.8, 4) is 11.3 Å². The van der Waals surface area contributed by atoms with Gasteiger partial charge >= 0.3 is 0 Å². The smallest absolute Gasteiger partial charge is 0.266 e. The number of furan rings is 1. The van der Waals surface area contributed by atoms with Crippen LogP contribution in [0.5, 0.6) is 0 Å². The quantitative estimate of drug-likeness (QED) is 0.601. The standard InChI is InChI=1S/C16H10ClNO4S2/c17-11-4-2-1-3-10(11)12-6-5-9(22-12)7-13-15(21)18(8-14(19)20)16(23)24-13/h1-7H,8H2,(H,19,20)/p-1/b13-7-. The summed E-state index contributed by atoms with van der Waals surface area (Å²) in [6, 6.07) is 10.7.